The third-order valence-corrected chi connectivity index (χ3v) is 4.43. The molecule has 0 radical (unpaired) electrons. The molecule has 0 atom stereocenters. The number of nitrogens with one attached hydrogen (secondary N) is 1. The normalized spacial score (nSPS) is 10.9. The molecule has 0 bridgehead atoms. The van der Waals surface area contributed by atoms with E-state index in [1.54, 1.807) is 0 Å². The summed E-state index contributed by atoms with van der Waals surface area (Å²) in [7, 11) is 0. The van der Waals surface area contributed by atoms with Crippen molar-refractivity contribution in [3.8, 4) is 0 Å². The highest BCUT2D eigenvalue weighted by Gasteiger charge is 2.17. The van der Waals surface area contributed by atoms with E-state index in [2.05, 4.69) is 20.9 Å². The van der Waals surface area contributed by atoms with Crippen molar-refractivity contribution in [3.63, 3.8) is 0 Å². The summed E-state index contributed by atoms with van der Waals surface area (Å²) in [4.78, 5) is 16.0. The molecular weight excluding hydrogens is 314 g/mol. The molecule has 2 aromatic carbocycles. The van der Waals surface area contributed by atoms with Crippen molar-refractivity contribution >= 4 is 32.6 Å². The zero-order chi connectivity index (χ0) is 14.3. The minimum absolute atomic E-state index is 0.0653. The molecule has 0 unspecified atom stereocenters. The van der Waals surface area contributed by atoms with E-state index in [9.17, 15) is 4.79 Å². The molecular formula is C17H14BrNO. The van der Waals surface area contributed by atoms with Gasteiger partial charge in [0.15, 0.2) is 5.78 Å². The van der Waals surface area contributed by atoms with Gasteiger partial charge in [-0.25, -0.2) is 0 Å². The summed E-state index contributed by atoms with van der Waals surface area (Å²) in [6.45, 7) is 3.93. The van der Waals surface area contributed by atoms with Crippen molar-refractivity contribution in [2.24, 2.45) is 0 Å². The van der Waals surface area contributed by atoms with Crippen LogP contribution in [0.15, 0.2) is 46.9 Å². The summed E-state index contributed by atoms with van der Waals surface area (Å²) >= 11 is 3.46. The first-order valence-corrected chi connectivity index (χ1v) is 7.25. The molecule has 3 heteroatoms. The summed E-state index contributed by atoms with van der Waals surface area (Å²) in [6.07, 6.45) is 0. The maximum Gasteiger partial charge on any atom is 0.195 e. The molecule has 0 aliphatic carbocycles. The van der Waals surface area contributed by atoms with Gasteiger partial charge in [-0.1, -0.05) is 34.1 Å². The van der Waals surface area contributed by atoms with E-state index in [0.29, 0.717) is 0 Å². The Balaban J connectivity index is 2.17. The lowest BCUT2D eigenvalue weighted by atomic mass is 9.99. The van der Waals surface area contributed by atoms with Crippen molar-refractivity contribution in [1.82, 2.24) is 4.98 Å². The van der Waals surface area contributed by atoms with E-state index in [1.165, 1.54) is 0 Å². The van der Waals surface area contributed by atoms with Crippen molar-refractivity contribution in [2.45, 2.75) is 13.8 Å². The van der Waals surface area contributed by atoms with Crippen LogP contribution in [0.1, 0.15) is 27.2 Å². The molecule has 0 spiro atoms. The lowest BCUT2D eigenvalue weighted by Crippen LogP contribution is -2.03. The number of hydrogen-bond donors (Lipinski definition) is 1. The summed E-state index contributed by atoms with van der Waals surface area (Å²) in [5.41, 5.74) is 4.47. The third-order valence-electron chi connectivity index (χ3n) is 3.54. The van der Waals surface area contributed by atoms with Crippen LogP contribution in [0.3, 0.4) is 0 Å². The van der Waals surface area contributed by atoms with Crippen LogP contribution in [-0.2, 0) is 0 Å². The molecule has 3 rings (SSSR count). The van der Waals surface area contributed by atoms with Crippen LogP contribution in [0.4, 0.5) is 0 Å². The molecule has 20 heavy (non-hydrogen) atoms. The van der Waals surface area contributed by atoms with Crippen molar-refractivity contribution in [3.05, 3.63) is 69.3 Å². The molecule has 0 amide bonds. The van der Waals surface area contributed by atoms with E-state index >= 15 is 0 Å². The molecule has 1 heterocycles. The van der Waals surface area contributed by atoms with Gasteiger partial charge in [0, 0.05) is 26.6 Å². The van der Waals surface area contributed by atoms with Gasteiger partial charge in [-0.3, -0.25) is 4.79 Å². The Morgan fingerprint density at radius 2 is 1.85 bits per heavy atom. The lowest BCUT2D eigenvalue weighted by molar-refractivity contribution is 0.103. The molecule has 0 aliphatic rings. The second-order valence-electron chi connectivity index (χ2n) is 4.96. The Morgan fingerprint density at radius 1 is 1.10 bits per heavy atom. The Morgan fingerprint density at radius 3 is 2.60 bits per heavy atom. The second-order valence-corrected chi connectivity index (χ2v) is 5.82. The average molecular weight is 328 g/mol. The monoisotopic (exact) mass is 327 g/mol. The van der Waals surface area contributed by atoms with Gasteiger partial charge in [0.25, 0.3) is 0 Å². The summed E-state index contributed by atoms with van der Waals surface area (Å²) in [6, 6.07) is 13.6. The number of carbonyl (C=O) groups is 1. The minimum Gasteiger partial charge on any atom is -0.358 e. The van der Waals surface area contributed by atoms with E-state index in [-0.39, 0.29) is 5.78 Å². The highest BCUT2D eigenvalue weighted by molar-refractivity contribution is 9.10. The molecule has 0 aliphatic heterocycles. The Bertz CT molecular complexity index is 817. The molecule has 1 N–H and O–H groups in total. The van der Waals surface area contributed by atoms with Crippen LogP contribution >= 0.6 is 15.9 Å². The van der Waals surface area contributed by atoms with Gasteiger partial charge in [0.05, 0.1) is 5.56 Å². The molecule has 0 fully saturated rings. The molecule has 0 saturated heterocycles. The number of halogens is 1. The van der Waals surface area contributed by atoms with Crippen LogP contribution in [-0.4, -0.2) is 10.8 Å². The maximum atomic E-state index is 12.8. The van der Waals surface area contributed by atoms with Gasteiger partial charge >= 0.3 is 0 Å². The van der Waals surface area contributed by atoms with Crippen molar-refractivity contribution in [1.29, 1.82) is 0 Å². The first kappa shape index (κ1) is 13.1. The molecule has 1 aromatic heterocycles. The molecule has 2 nitrogen and oxygen atoms in total. The standard InChI is InChI=1S/C17H14BrNO/c1-10-9-12(7-8-14(10)18)17(20)16-11(2)19-15-6-4-3-5-13(15)16/h3-9,19H,1-2H3. The molecule has 0 saturated carbocycles. The first-order valence-electron chi connectivity index (χ1n) is 6.46. The number of benzene rings is 2. The van der Waals surface area contributed by atoms with Gasteiger partial charge < -0.3 is 4.98 Å². The van der Waals surface area contributed by atoms with Crippen LogP contribution in [0.5, 0.6) is 0 Å². The number of ketones is 1. The maximum absolute atomic E-state index is 12.8. The van der Waals surface area contributed by atoms with Crippen LogP contribution in [0, 0.1) is 13.8 Å². The fourth-order valence-corrected chi connectivity index (χ4v) is 2.75. The zero-order valence-electron chi connectivity index (χ0n) is 11.3. The van der Waals surface area contributed by atoms with Crippen LogP contribution < -0.4 is 0 Å². The number of rotatable bonds is 2. The Kier molecular flexibility index (Phi) is 3.22. The van der Waals surface area contributed by atoms with Gasteiger partial charge in [-0.2, -0.15) is 0 Å². The number of aromatic nitrogens is 1. The van der Waals surface area contributed by atoms with E-state index in [4.69, 9.17) is 0 Å². The number of para-hydroxylation sites is 1. The fraction of sp³-hybridized carbons (Fsp3) is 0.118. The third kappa shape index (κ3) is 2.08. The highest BCUT2D eigenvalue weighted by atomic mass is 79.9. The quantitative estimate of drug-likeness (QED) is 0.675. The largest absolute Gasteiger partial charge is 0.358 e. The number of H-pyrrole nitrogens is 1. The zero-order valence-corrected chi connectivity index (χ0v) is 12.9. The van der Waals surface area contributed by atoms with Gasteiger partial charge in [0.2, 0.25) is 0 Å². The SMILES string of the molecule is Cc1cc(C(=O)c2c(C)[nH]c3ccccc23)ccc1Br. The van der Waals surface area contributed by atoms with Crippen LogP contribution in [0.25, 0.3) is 10.9 Å². The minimum atomic E-state index is 0.0653. The Hall–Kier alpha value is -1.87. The number of aryl methyl sites for hydroxylation is 2. The number of hydrogen-bond acceptors (Lipinski definition) is 1. The molecule has 3 aromatic rings. The highest BCUT2D eigenvalue weighted by Crippen LogP contribution is 2.26. The predicted octanol–water partition coefficient (Wildman–Crippen LogP) is 4.78. The summed E-state index contributed by atoms with van der Waals surface area (Å²) in [5, 5.41) is 0.982. The predicted molar refractivity (Wildman–Crippen MR) is 85.3 cm³/mol. The Labute approximate surface area is 126 Å². The van der Waals surface area contributed by atoms with Crippen LogP contribution in [0.2, 0.25) is 0 Å². The van der Waals surface area contributed by atoms with Gasteiger partial charge in [0.1, 0.15) is 0 Å². The fourth-order valence-electron chi connectivity index (χ4n) is 2.50. The number of fused-ring (bicyclic) bond motifs is 1. The smallest absolute Gasteiger partial charge is 0.195 e. The average Bonchev–Trinajstić information content (AvgIpc) is 2.77. The topological polar surface area (TPSA) is 32.9 Å². The first-order chi connectivity index (χ1) is 9.58. The number of carbonyl (C=O) groups excluding carboxylic acids is 1. The van der Waals surface area contributed by atoms with Crippen molar-refractivity contribution < 1.29 is 4.79 Å². The van der Waals surface area contributed by atoms with E-state index < -0.39 is 0 Å². The van der Waals surface area contributed by atoms with Crippen molar-refractivity contribution in [2.75, 3.05) is 0 Å². The van der Waals surface area contributed by atoms with E-state index in [1.807, 2.05) is 56.3 Å². The summed E-state index contributed by atoms with van der Waals surface area (Å²) in [5.74, 6) is 0.0653. The summed E-state index contributed by atoms with van der Waals surface area (Å²) < 4.78 is 1.02. The van der Waals surface area contributed by atoms with Gasteiger partial charge in [-0.15, -0.1) is 0 Å². The van der Waals surface area contributed by atoms with Gasteiger partial charge in [-0.05, 0) is 43.7 Å². The second kappa shape index (κ2) is 4.91. The molecule has 100 valence electrons. The lowest BCUT2D eigenvalue weighted by Gasteiger charge is -2.04. The number of aromatic amines is 1. The van der Waals surface area contributed by atoms with E-state index in [0.717, 1.165) is 37.8 Å².